The number of anilines is 1. The summed E-state index contributed by atoms with van der Waals surface area (Å²) >= 11 is 0. The van der Waals surface area contributed by atoms with E-state index in [1.54, 1.807) is 6.20 Å². The number of benzene rings is 2. The molecule has 1 saturated carbocycles. The zero-order chi connectivity index (χ0) is 26.3. The summed E-state index contributed by atoms with van der Waals surface area (Å²) in [7, 11) is 4.26. The molecule has 1 aliphatic rings. The average Bonchev–Trinajstić information content (AvgIpc) is 3.34. The first-order valence-corrected chi connectivity index (χ1v) is 13.8. The minimum atomic E-state index is 0.417. The Labute approximate surface area is 226 Å². The Bertz CT molecular complexity index is 1310. The number of fused-ring (bicyclic) bond motifs is 1. The monoisotopic (exact) mass is 512 g/mol. The second-order valence-electron chi connectivity index (χ2n) is 10.7. The third-order valence-corrected chi connectivity index (χ3v) is 7.57. The molecule has 200 valence electrons. The Morgan fingerprint density at radius 1 is 1.05 bits per heavy atom. The molecule has 1 fully saturated rings. The second kappa shape index (κ2) is 12.4. The topological polar surface area (TPSA) is 80.7 Å². The van der Waals surface area contributed by atoms with Gasteiger partial charge in [0.1, 0.15) is 35.2 Å². The highest BCUT2D eigenvalue weighted by Gasteiger charge is 2.27. The van der Waals surface area contributed by atoms with E-state index in [1.807, 2.05) is 36.5 Å². The highest BCUT2D eigenvalue weighted by atomic mass is 16.5. The van der Waals surface area contributed by atoms with Crippen molar-refractivity contribution in [2.24, 2.45) is 5.92 Å². The molecule has 0 saturated heterocycles. The lowest BCUT2D eigenvalue weighted by molar-refractivity contribution is 0.304. The largest absolute Gasteiger partial charge is 0.489 e. The average molecular weight is 513 g/mol. The van der Waals surface area contributed by atoms with E-state index in [0.29, 0.717) is 18.3 Å². The molecule has 0 bridgehead atoms. The molecule has 4 aromatic rings. The Balaban J connectivity index is 1.29. The summed E-state index contributed by atoms with van der Waals surface area (Å²) in [5, 5.41) is 3.67. The Hall–Kier alpha value is -3.42. The van der Waals surface area contributed by atoms with E-state index >= 15 is 0 Å². The lowest BCUT2D eigenvalue weighted by Crippen LogP contribution is -2.28. The van der Waals surface area contributed by atoms with E-state index in [1.165, 1.54) is 19.3 Å². The van der Waals surface area contributed by atoms with Crippen LogP contribution in [0, 0.1) is 5.92 Å². The fourth-order valence-corrected chi connectivity index (χ4v) is 5.50. The number of nitrogen functional groups attached to an aromatic ring is 1. The molecule has 7 heteroatoms. The van der Waals surface area contributed by atoms with Gasteiger partial charge in [-0.3, -0.25) is 4.40 Å². The predicted octanol–water partition coefficient (Wildman–Crippen LogP) is 5.37. The molecule has 0 atom stereocenters. The molecule has 0 radical (unpaired) electrons. The molecule has 0 aliphatic heterocycles. The van der Waals surface area contributed by atoms with Crippen LogP contribution in [0.1, 0.15) is 49.4 Å². The maximum absolute atomic E-state index is 6.42. The molecular weight excluding hydrogens is 472 g/mol. The SMILES string of the molecule is CN(C)CCCNCC1CCC(c2nc(-c3cccc(OCc4ccccc4)c3)c3c(N)nccn23)CC1. The molecule has 0 amide bonds. The summed E-state index contributed by atoms with van der Waals surface area (Å²) in [6.45, 7) is 3.86. The third-order valence-electron chi connectivity index (χ3n) is 7.57. The van der Waals surface area contributed by atoms with Gasteiger partial charge in [0.2, 0.25) is 0 Å². The molecule has 2 aromatic heterocycles. The number of ether oxygens (including phenoxy) is 1. The van der Waals surface area contributed by atoms with Crippen LogP contribution in [0.25, 0.3) is 16.8 Å². The summed E-state index contributed by atoms with van der Waals surface area (Å²) in [6.07, 6.45) is 9.71. The molecule has 2 heterocycles. The summed E-state index contributed by atoms with van der Waals surface area (Å²) < 4.78 is 8.27. The first kappa shape index (κ1) is 26.2. The van der Waals surface area contributed by atoms with Gasteiger partial charge in [-0.2, -0.15) is 0 Å². The number of aromatic nitrogens is 3. The van der Waals surface area contributed by atoms with Crippen molar-refractivity contribution in [3.8, 4) is 17.0 Å². The fraction of sp³-hybridized carbons (Fsp3) is 0.419. The zero-order valence-electron chi connectivity index (χ0n) is 22.6. The number of nitrogens with two attached hydrogens (primary N) is 1. The highest BCUT2D eigenvalue weighted by Crippen LogP contribution is 2.38. The van der Waals surface area contributed by atoms with Gasteiger partial charge < -0.3 is 20.7 Å². The number of rotatable bonds is 11. The van der Waals surface area contributed by atoms with E-state index in [4.69, 9.17) is 15.5 Å². The first-order valence-electron chi connectivity index (χ1n) is 13.8. The van der Waals surface area contributed by atoms with Gasteiger partial charge in [-0.05, 0) is 89.4 Å². The summed E-state index contributed by atoms with van der Waals surface area (Å²) in [5.74, 6) is 3.57. The maximum atomic E-state index is 6.42. The molecular formula is C31H40N6O. The van der Waals surface area contributed by atoms with E-state index in [-0.39, 0.29) is 0 Å². The summed E-state index contributed by atoms with van der Waals surface area (Å²) in [5.41, 5.74) is 10.3. The van der Waals surface area contributed by atoms with Crippen molar-refractivity contribution in [3.63, 3.8) is 0 Å². The van der Waals surface area contributed by atoms with Crippen molar-refractivity contribution in [2.45, 2.75) is 44.6 Å². The van der Waals surface area contributed by atoms with Gasteiger partial charge in [-0.1, -0.05) is 42.5 Å². The molecule has 3 N–H and O–H groups in total. The van der Waals surface area contributed by atoms with Crippen molar-refractivity contribution in [3.05, 3.63) is 78.4 Å². The fourth-order valence-electron chi connectivity index (χ4n) is 5.50. The van der Waals surface area contributed by atoms with Crippen LogP contribution in [-0.2, 0) is 6.61 Å². The number of imidazole rings is 1. The van der Waals surface area contributed by atoms with Crippen LogP contribution < -0.4 is 15.8 Å². The van der Waals surface area contributed by atoms with Crippen LogP contribution in [0.4, 0.5) is 5.82 Å². The van der Waals surface area contributed by atoms with Crippen LogP contribution in [0.2, 0.25) is 0 Å². The smallest absolute Gasteiger partial charge is 0.150 e. The molecule has 0 unspecified atom stereocenters. The van der Waals surface area contributed by atoms with Crippen LogP contribution >= 0.6 is 0 Å². The van der Waals surface area contributed by atoms with Crippen molar-refractivity contribution < 1.29 is 4.74 Å². The lowest BCUT2D eigenvalue weighted by Gasteiger charge is -2.28. The second-order valence-corrected chi connectivity index (χ2v) is 10.7. The quantitative estimate of drug-likeness (QED) is 0.263. The van der Waals surface area contributed by atoms with E-state index in [9.17, 15) is 0 Å². The molecule has 38 heavy (non-hydrogen) atoms. The number of nitrogens with one attached hydrogen (secondary N) is 1. The molecule has 2 aromatic carbocycles. The minimum absolute atomic E-state index is 0.417. The van der Waals surface area contributed by atoms with Crippen LogP contribution in [-0.4, -0.2) is 53.0 Å². The minimum Gasteiger partial charge on any atom is -0.489 e. The summed E-state index contributed by atoms with van der Waals surface area (Å²) in [6, 6.07) is 18.4. The highest BCUT2D eigenvalue weighted by molar-refractivity contribution is 5.85. The Morgan fingerprint density at radius 2 is 1.87 bits per heavy atom. The van der Waals surface area contributed by atoms with Crippen molar-refractivity contribution >= 4 is 11.3 Å². The van der Waals surface area contributed by atoms with E-state index < -0.39 is 0 Å². The van der Waals surface area contributed by atoms with E-state index in [0.717, 1.165) is 72.3 Å². The van der Waals surface area contributed by atoms with Crippen LogP contribution in [0.15, 0.2) is 67.0 Å². The normalized spacial score (nSPS) is 17.8. The van der Waals surface area contributed by atoms with Gasteiger partial charge >= 0.3 is 0 Å². The standard InChI is InChI=1S/C31H40N6O/c1-36(2)18-7-16-33-21-23-12-14-25(15-13-23)31-35-28(29-30(32)34-17-19-37(29)31)26-10-6-11-27(20-26)38-22-24-8-4-3-5-9-24/h3-6,8-11,17,19-20,23,25,33H,7,12-16,18,21-22H2,1-2H3,(H2,32,34). The third kappa shape index (κ3) is 6.34. The van der Waals surface area contributed by atoms with Crippen molar-refractivity contribution in [1.82, 2.24) is 24.6 Å². The van der Waals surface area contributed by atoms with Gasteiger partial charge in [-0.25, -0.2) is 9.97 Å². The van der Waals surface area contributed by atoms with Crippen molar-refractivity contribution in [1.29, 1.82) is 0 Å². The maximum Gasteiger partial charge on any atom is 0.150 e. The lowest BCUT2D eigenvalue weighted by atomic mass is 9.81. The first-order chi connectivity index (χ1) is 18.6. The number of hydrogen-bond acceptors (Lipinski definition) is 6. The van der Waals surface area contributed by atoms with Gasteiger partial charge in [0.25, 0.3) is 0 Å². The van der Waals surface area contributed by atoms with Crippen molar-refractivity contribution in [2.75, 3.05) is 39.5 Å². The number of hydrogen-bond donors (Lipinski definition) is 2. The molecule has 5 rings (SSSR count). The molecule has 1 aliphatic carbocycles. The van der Waals surface area contributed by atoms with Gasteiger partial charge in [0, 0.05) is 23.9 Å². The Morgan fingerprint density at radius 3 is 2.66 bits per heavy atom. The van der Waals surface area contributed by atoms with Gasteiger partial charge in [-0.15, -0.1) is 0 Å². The van der Waals surface area contributed by atoms with Crippen LogP contribution in [0.5, 0.6) is 5.75 Å². The van der Waals surface area contributed by atoms with E-state index in [2.05, 4.69) is 58.0 Å². The Kier molecular flexibility index (Phi) is 8.56. The van der Waals surface area contributed by atoms with Gasteiger partial charge in [0.15, 0.2) is 0 Å². The molecule has 7 nitrogen and oxygen atoms in total. The number of nitrogens with zero attached hydrogens (tertiary/aromatic N) is 4. The molecule has 0 spiro atoms. The zero-order valence-corrected chi connectivity index (χ0v) is 22.6. The van der Waals surface area contributed by atoms with Gasteiger partial charge in [0.05, 0.1) is 0 Å². The summed E-state index contributed by atoms with van der Waals surface area (Å²) in [4.78, 5) is 11.8. The predicted molar refractivity (Wildman–Crippen MR) is 154 cm³/mol. The van der Waals surface area contributed by atoms with Crippen LogP contribution in [0.3, 0.4) is 0 Å².